The molecule has 2 unspecified atom stereocenters. The molecule has 0 bridgehead atoms. The van der Waals surface area contributed by atoms with Gasteiger partial charge < -0.3 is 39.4 Å². The minimum Gasteiger partial charge on any atom is -0.462 e. The predicted molar refractivity (Wildman–Crippen MR) is 229 cm³/mol. The Labute approximate surface area is 347 Å². The molecule has 0 aromatic carbocycles. The van der Waals surface area contributed by atoms with Crippen LogP contribution in [-0.4, -0.2) is 89.0 Å². The van der Waals surface area contributed by atoms with Crippen LogP contribution >= 0.6 is 0 Å². The number of ether oxygens (including phenoxy) is 4. The molecule has 0 radical (unpaired) electrons. The average molecular weight is 811 g/mol. The standard InChI is InChI=1S/C47H86O10/c1-3-5-7-9-11-13-15-17-19-20-22-24-26-28-30-32-34-36-43(50)56-40(39-55-47-46(53)45(52)44(51)41(37-48)57-47)38-54-42(49)35-33-31-29-27-25-23-21-18-16-14-12-10-8-6-4-2/h12,14,18,21,40-41,44-48,51-53H,3-11,13,15-17,19-20,22-39H2,1-2H3/b14-12+,21-18+/t40-,41-,44+,45?,46?,47-/m1/s1. The van der Waals surface area contributed by atoms with Gasteiger partial charge in [0.15, 0.2) is 12.4 Å². The Balaban J connectivity index is 2.31. The monoisotopic (exact) mass is 811 g/mol. The first-order valence-corrected chi connectivity index (χ1v) is 23.4. The zero-order valence-electron chi connectivity index (χ0n) is 36.3. The van der Waals surface area contributed by atoms with Crippen molar-refractivity contribution in [3.8, 4) is 0 Å². The molecule has 0 aromatic rings. The summed E-state index contributed by atoms with van der Waals surface area (Å²) in [6, 6.07) is 0. The van der Waals surface area contributed by atoms with Crippen molar-refractivity contribution in [2.75, 3.05) is 19.8 Å². The molecule has 4 N–H and O–H groups in total. The van der Waals surface area contributed by atoms with Crippen molar-refractivity contribution in [1.29, 1.82) is 0 Å². The van der Waals surface area contributed by atoms with Crippen molar-refractivity contribution in [1.82, 2.24) is 0 Å². The van der Waals surface area contributed by atoms with E-state index in [1.807, 2.05) is 0 Å². The molecule has 1 fully saturated rings. The second-order valence-electron chi connectivity index (χ2n) is 16.2. The molecule has 334 valence electrons. The topological polar surface area (TPSA) is 152 Å². The van der Waals surface area contributed by atoms with Crippen LogP contribution in [0.1, 0.15) is 206 Å². The van der Waals surface area contributed by atoms with E-state index in [0.717, 1.165) is 57.8 Å². The van der Waals surface area contributed by atoms with Crippen LogP contribution in [-0.2, 0) is 28.5 Å². The van der Waals surface area contributed by atoms with Crippen LogP contribution in [0.25, 0.3) is 0 Å². The average Bonchev–Trinajstić information content (AvgIpc) is 3.21. The molecule has 1 aliphatic rings. The minimum atomic E-state index is -1.59. The summed E-state index contributed by atoms with van der Waals surface area (Å²) in [5.41, 5.74) is 0. The Morgan fingerprint density at radius 3 is 1.49 bits per heavy atom. The zero-order valence-corrected chi connectivity index (χ0v) is 36.3. The van der Waals surface area contributed by atoms with Gasteiger partial charge in [-0.2, -0.15) is 0 Å². The molecule has 0 amide bonds. The lowest BCUT2D eigenvalue weighted by Crippen LogP contribution is -2.59. The normalized spacial score (nSPS) is 20.4. The Morgan fingerprint density at radius 1 is 0.544 bits per heavy atom. The second kappa shape index (κ2) is 38.4. The summed E-state index contributed by atoms with van der Waals surface area (Å²) in [4.78, 5) is 25.3. The van der Waals surface area contributed by atoms with E-state index in [4.69, 9.17) is 18.9 Å². The fourth-order valence-corrected chi connectivity index (χ4v) is 7.10. The number of rotatable bonds is 39. The van der Waals surface area contributed by atoms with E-state index in [2.05, 4.69) is 38.2 Å². The molecular formula is C47H86O10. The van der Waals surface area contributed by atoms with Crippen molar-refractivity contribution in [3.63, 3.8) is 0 Å². The van der Waals surface area contributed by atoms with E-state index >= 15 is 0 Å². The smallest absolute Gasteiger partial charge is 0.306 e. The van der Waals surface area contributed by atoms with Crippen LogP contribution in [0, 0.1) is 0 Å². The number of allylic oxidation sites excluding steroid dienone is 4. The minimum absolute atomic E-state index is 0.221. The fourth-order valence-electron chi connectivity index (χ4n) is 7.10. The number of carbonyl (C=O) groups is 2. The van der Waals surface area contributed by atoms with Gasteiger partial charge in [-0.3, -0.25) is 9.59 Å². The molecule has 1 saturated heterocycles. The molecule has 1 heterocycles. The maximum atomic E-state index is 12.8. The molecule has 1 rings (SSSR count). The fraction of sp³-hybridized carbons (Fsp3) is 0.872. The first-order valence-electron chi connectivity index (χ1n) is 23.4. The number of hydrogen-bond donors (Lipinski definition) is 4. The second-order valence-corrected chi connectivity index (χ2v) is 16.2. The first kappa shape index (κ1) is 53.2. The van der Waals surface area contributed by atoms with Crippen LogP contribution in [0.2, 0.25) is 0 Å². The maximum absolute atomic E-state index is 12.8. The summed E-state index contributed by atoms with van der Waals surface area (Å²) in [7, 11) is 0. The van der Waals surface area contributed by atoms with Gasteiger partial charge in [-0.05, 0) is 44.9 Å². The van der Waals surface area contributed by atoms with Crippen molar-refractivity contribution in [2.45, 2.75) is 243 Å². The van der Waals surface area contributed by atoms with Crippen LogP contribution < -0.4 is 0 Å². The van der Waals surface area contributed by atoms with Gasteiger partial charge in [-0.25, -0.2) is 0 Å². The molecule has 0 saturated carbocycles. The number of aliphatic hydroxyl groups is 4. The van der Waals surface area contributed by atoms with Crippen molar-refractivity contribution < 1.29 is 49.0 Å². The van der Waals surface area contributed by atoms with Crippen molar-refractivity contribution >= 4 is 11.9 Å². The Hall–Kier alpha value is -1.82. The van der Waals surface area contributed by atoms with E-state index in [0.29, 0.717) is 12.8 Å². The highest BCUT2D eigenvalue weighted by atomic mass is 16.7. The molecule has 0 aliphatic carbocycles. The van der Waals surface area contributed by atoms with Gasteiger partial charge in [0.05, 0.1) is 13.2 Å². The number of unbranched alkanes of at least 4 members (excludes halogenated alkanes) is 24. The third kappa shape index (κ3) is 30.0. The lowest BCUT2D eigenvalue weighted by atomic mass is 9.99. The Morgan fingerprint density at radius 2 is 0.982 bits per heavy atom. The summed E-state index contributed by atoms with van der Waals surface area (Å²) in [5.74, 6) is -0.814. The molecule has 57 heavy (non-hydrogen) atoms. The number of carbonyl (C=O) groups excluding carboxylic acids is 2. The van der Waals surface area contributed by atoms with Gasteiger partial charge in [-0.1, -0.05) is 173 Å². The first-order chi connectivity index (χ1) is 27.8. The third-order valence-electron chi connectivity index (χ3n) is 10.8. The molecule has 0 aromatic heterocycles. The van der Waals surface area contributed by atoms with Gasteiger partial charge in [0, 0.05) is 12.8 Å². The molecular weight excluding hydrogens is 725 g/mol. The molecule has 0 spiro atoms. The number of aliphatic hydroxyl groups excluding tert-OH is 4. The quantitative estimate of drug-likeness (QED) is 0.0268. The van der Waals surface area contributed by atoms with Gasteiger partial charge in [0.2, 0.25) is 0 Å². The van der Waals surface area contributed by atoms with E-state index in [1.165, 1.54) is 109 Å². The van der Waals surface area contributed by atoms with Crippen LogP contribution in [0.5, 0.6) is 0 Å². The maximum Gasteiger partial charge on any atom is 0.306 e. The van der Waals surface area contributed by atoms with E-state index in [-0.39, 0.29) is 32.0 Å². The summed E-state index contributed by atoms with van der Waals surface area (Å²) in [6.07, 6.45) is 34.6. The molecule has 6 atom stereocenters. The number of esters is 2. The summed E-state index contributed by atoms with van der Waals surface area (Å²) in [6.45, 7) is 3.40. The van der Waals surface area contributed by atoms with Crippen molar-refractivity contribution in [3.05, 3.63) is 24.3 Å². The van der Waals surface area contributed by atoms with Gasteiger partial charge in [0.1, 0.15) is 31.0 Å². The molecule has 10 nitrogen and oxygen atoms in total. The highest BCUT2D eigenvalue weighted by Crippen LogP contribution is 2.23. The van der Waals surface area contributed by atoms with Crippen LogP contribution in [0.3, 0.4) is 0 Å². The van der Waals surface area contributed by atoms with E-state index in [1.54, 1.807) is 0 Å². The SMILES string of the molecule is CCCCC/C=C/C/C=C/CCCCCCCC(=O)OC[C@H](CO[C@@H]1O[C@H](CO)[C@H](O)C(O)C1O)OC(=O)CCCCCCCCCCCCCCCCCCC. The van der Waals surface area contributed by atoms with Gasteiger partial charge in [-0.15, -0.1) is 0 Å². The highest BCUT2D eigenvalue weighted by molar-refractivity contribution is 5.70. The number of hydrogen-bond acceptors (Lipinski definition) is 10. The van der Waals surface area contributed by atoms with E-state index < -0.39 is 49.4 Å². The molecule has 1 aliphatic heterocycles. The summed E-state index contributed by atoms with van der Waals surface area (Å²) in [5, 5.41) is 40.1. The lowest BCUT2D eigenvalue weighted by molar-refractivity contribution is -0.305. The lowest BCUT2D eigenvalue weighted by Gasteiger charge is -2.39. The summed E-state index contributed by atoms with van der Waals surface area (Å²) >= 11 is 0. The molecule has 10 heteroatoms. The van der Waals surface area contributed by atoms with Crippen molar-refractivity contribution in [2.24, 2.45) is 0 Å². The van der Waals surface area contributed by atoms with Gasteiger partial charge in [0.25, 0.3) is 0 Å². The predicted octanol–water partition coefficient (Wildman–Crippen LogP) is 10.1. The Kier molecular flexibility index (Phi) is 35.8. The third-order valence-corrected chi connectivity index (χ3v) is 10.8. The van der Waals surface area contributed by atoms with Crippen LogP contribution in [0.4, 0.5) is 0 Å². The van der Waals surface area contributed by atoms with Crippen LogP contribution in [0.15, 0.2) is 24.3 Å². The summed E-state index contributed by atoms with van der Waals surface area (Å²) < 4.78 is 22.2. The zero-order chi connectivity index (χ0) is 41.6. The van der Waals surface area contributed by atoms with Gasteiger partial charge >= 0.3 is 11.9 Å². The van der Waals surface area contributed by atoms with E-state index in [9.17, 15) is 30.0 Å². The highest BCUT2D eigenvalue weighted by Gasteiger charge is 2.44. The Bertz CT molecular complexity index is 985. The largest absolute Gasteiger partial charge is 0.462 e.